The zero-order valence-electron chi connectivity index (χ0n) is 8.47. The summed E-state index contributed by atoms with van der Waals surface area (Å²) in [5, 5.41) is 3.92. The van der Waals surface area contributed by atoms with Crippen molar-refractivity contribution < 1.29 is 17.8 Å². The van der Waals surface area contributed by atoms with Crippen LogP contribution in [0.3, 0.4) is 0 Å². The molecule has 86 valence electrons. The van der Waals surface area contributed by atoms with Gasteiger partial charge in [0.1, 0.15) is 0 Å². The summed E-state index contributed by atoms with van der Waals surface area (Å²) in [5.41, 5.74) is 0.926. The van der Waals surface area contributed by atoms with E-state index in [1.807, 2.05) is 0 Å². The lowest BCUT2D eigenvalue weighted by Crippen LogP contribution is -2.05. The van der Waals surface area contributed by atoms with Crippen LogP contribution >= 0.6 is 0 Å². The Bertz CT molecular complexity index is 764. The molecule has 0 bridgehead atoms. The number of benzene rings is 2. The Balaban J connectivity index is 2.48. The Morgan fingerprint density at radius 3 is 2.65 bits per heavy atom. The largest absolute Gasteiger partial charge is 0.321 e. The van der Waals surface area contributed by atoms with Gasteiger partial charge >= 0.3 is 0 Å². The lowest BCUT2D eigenvalue weighted by Gasteiger charge is -2.02. The van der Waals surface area contributed by atoms with Gasteiger partial charge in [-0.1, -0.05) is 12.1 Å². The molecule has 0 aliphatic carbocycles. The van der Waals surface area contributed by atoms with Crippen molar-refractivity contribution in [3.63, 3.8) is 0 Å². The highest BCUT2D eigenvalue weighted by atomic mass is 32.2. The molecule has 0 saturated heterocycles. The van der Waals surface area contributed by atoms with Gasteiger partial charge in [0.05, 0.1) is 10.5 Å². The second kappa shape index (κ2) is 3.06. The Morgan fingerprint density at radius 1 is 1.18 bits per heavy atom. The Morgan fingerprint density at radius 2 is 1.94 bits per heavy atom. The van der Waals surface area contributed by atoms with Gasteiger partial charge in [-0.25, -0.2) is 0 Å². The van der Waals surface area contributed by atoms with Crippen LogP contribution in [0.5, 0.6) is 0 Å². The van der Waals surface area contributed by atoms with E-state index in [-0.39, 0.29) is 16.4 Å². The molecule has 1 aliphatic rings. The normalized spacial score (nSPS) is 14.1. The highest BCUT2D eigenvalue weighted by molar-refractivity contribution is 7.85. The first-order valence-corrected chi connectivity index (χ1v) is 6.26. The summed E-state index contributed by atoms with van der Waals surface area (Å²) >= 11 is 0. The van der Waals surface area contributed by atoms with E-state index in [0.717, 1.165) is 0 Å². The molecule has 1 amide bonds. The van der Waals surface area contributed by atoms with Gasteiger partial charge in [0.15, 0.2) is 0 Å². The second-order valence-corrected chi connectivity index (χ2v) is 5.23. The van der Waals surface area contributed by atoms with Crippen molar-refractivity contribution in [1.82, 2.24) is 0 Å². The molecule has 17 heavy (non-hydrogen) atoms. The monoisotopic (exact) mass is 249 g/mol. The second-order valence-electron chi connectivity index (χ2n) is 3.80. The van der Waals surface area contributed by atoms with E-state index >= 15 is 0 Å². The summed E-state index contributed by atoms with van der Waals surface area (Å²) in [4.78, 5) is 11.4. The minimum absolute atomic E-state index is 0.269. The van der Waals surface area contributed by atoms with Crippen LogP contribution in [0.1, 0.15) is 10.4 Å². The highest BCUT2D eigenvalue weighted by Crippen LogP contribution is 2.34. The summed E-state index contributed by atoms with van der Waals surface area (Å²) in [6.45, 7) is 0. The van der Waals surface area contributed by atoms with E-state index in [1.54, 1.807) is 18.2 Å². The average Bonchev–Trinajstić information content (AvgIpc) is 2.56. The minimum atomic E-state index is -4.31. The smallest absolute Gasteiger partial charge is 0.294 e. The van der Waals surface area contributed by atoms with Crippen molar-refractivity contribution in [2.75, 3.05) is 5.32 Å². The molecule has 0 radical (unpaired) electrons. The molecule has 0 fully saturated rings. The van der Waals surface area contributed by atoms with Gasteiger partial charge in [0, 0.05) is 11.1 Å². The molecule has 2 aromatic carbocycles. The fourth-order valence-corrected chi connectivity index (χ4v) is 2.56. The quantitative estimate of drug-likeness (QED) is 0.753. The standard InChI is InChI=1S/C11H7NO4S/c13-11-8-5-7(17(14,15)16)4-6-2-1-3-9(12-11)10(6)8/h1-5H,(H,12,13)(H,14,15,16). The highest BCUT2D eigenvalue weighted by Gasteiger charge is 2.24. The third-order valence-electron chi connectivity index (χ3n) is 2.74. The number of carbonyl (C=O) groups is 1. The van der Waals surface area contributed by atoms with Gasteiger partial charge in [-0.3, -0.25) is 9.35 Å². The lowest BCUT2D eigenvalue weighted by atomic mass is 10.1. The third-order valence-corrected chi connectivity index (χ3v) is 3.57. The maximum Gasteiger partial charge on any atom is 0.294 e. The molecule has 0 spiro atoms. The molecule has 6 heteroatoms. The number of nitrogens with one attached hydrogen (secondary N) is 1. The molecule has 3 rings (SSSR count). The van der Waals surface area contributed by atoms with Crippen molar-refractivity contribution in [2.24, 2.45) is 0 Å². The van der Waals surface area contributed by atoms with Gasteiger partial charge in [0.2, 0.25) is 0 Å². The molecule has 0 aromatic heterocycles. The van der Waals surface area contributed by atoms with Crippen LogP contribution < -0.4 is 5.32 Å². The lowest BCUT2D eigenvalue weighted by molar-refractivity contribution is 0.103. The number of amides is 1. The molecular formula is C11H7NO4S. The van der Waals surface area contributed by atoms with Crippen LogP contribution in [0, 0.1) is 0 Å². The van der Waals surface area contributed by atoms with E-state index in [9.17, 15) is 13.2 Å². The van der Waals surface area contributed by atoms with E-state index < -0.39 is 10.1 Å². The first kappa shape index (κ1) is 10.2. The minimum Gasteiger partial charge on any atom is -0.321 e. The van der Waals surface area contributed by atoms with Crippen molar-refractivity contribution in [3.05, 3.63) is 35.9 Å². The Labute approximate surface area is 96.8 Å². The zero-order chi connectivity index (χ0) is 12.2. The van der Waals surface area contributed by atoms with Crippen LogP contribution in [-0.4, -0.2) is 18.9 Å². The first-order chi connectivity index (χ1) is 7.97. The van der Waals surface area contributed by atoms with Crippen molar-refractivity contribution in [1.29, 1.82) is 0 Å². The molecule has 1 heterocycles. The maximum absolute atomic E-state index is 11.6. The van der Waals surface area contributed by atoms with Crippen LogP contribution in [0.2, 0.25) is 0 Å². The van der Waals surface area contributed by atoms with Crippen LogP contribution in [-0.2, 0) is 10.1 Å². The predicted octanol–water partition coefficient (Wildman–Crippen LogP) is 1.65. The summed E-state index contributed by atoms with van der Waals surface area (Å²) in [6.07, 6.45) is 0. The molecule has 0 saturated carbocycles. The SMILES string of the molecule is O=C1Nc2cccc3cc(S(=O)(=O)O)cc1c23. The topological polar surface area (TPSA) is 83.5 Å². The number of anilines is 1. The number of hydrogen-bond donors (Lipinski definition) is 2. The number of rotatable bonds is 1. The molecule has 2 N–H and O–H groups in total. The Hall–Kier alpha value is -1.92. The first-order valence-electron chi connectivity index (χ1n) is 4.82. The van der Waals surface area contributed by atoms with Crippen LogP contribution in [0.15, 0.2) is 35.2 Å². The summed E-state index contributed by atoms with van der Waals surface area (Å²) in [6, 6.07) is 7.67. The van der Waals surface area contributed by atoms with E-state index in [0.29, 0.717) is 16.5 Å². The molecule has 5 nitrogen and oxygen atoms in total. The number of hydrogen-bond acceptors (Lipinski definition) is 3. The van der Waals surface area contributed by atoms with Crippen LogP contribution in [0.25, 0.3) is 10.8 Å². The molecule has 1 aliphatic heterocycles. The van der Waals surface area contributed by atoms with Crippen molar-refractivity contribution >= 4 is 32.5 Å². The third kappa shape index (κ3) is 1.42. The van der Waals surface area contributed by atoms with Crippen LogP contribution in [0.4, 0.5) is 5.69 Å². The summed E-state index contributed by atoms with van der Waals surface area (Å²) in [5.74, 6) is -0.360. The number of carbonyl (C=O) groups excluding carboxylic acids is 1. The fraction of sp³-hybridized carbons (Fsp3) is 0. The van der Waals surface area contributed by atoms with E-state index in [1.165, 1.54) is 12.1 Å². The summed E-state index contributed by atoms with van der Waals surface area (Å²) in [7, 11) is -4.31. The van der Waals surface area contributed by atoms with Gasteiger partial charge in [-0.15, -0.1) is 0 Å². The Kier molecular flexibility index (Phi) is 1.84. The zero-order valence-corrected chi connectivity index (χ0v) is 9.28. The average molecular weight is 249 g/mol. The van der Waals surface area contributed by atoms with Gasteiger partial charge < -0.3 is 5.32 Å². The van der Waals surface area contributed by atoms with E-state index in [2.05, 4.69) is 5.32 Å². The van der Waals surface area contributed by atoms with Crippen molar-refractivity contribution in [3.8, 4) is 0 Å². The van der Waals surface area contributed by atoms with Gasteiger partial charge in [0.25, 0.3) is 16.0 Å². The van der Waals surface area contributed by atoms with Gasteiger partial charge in [-0.05, 0) is 23.6 Å². The van der Waals surface area contributed by atoms with E-state index in [4.69, 9.17) is 4.55 Å². The van der Waals surface area contributed by atoms with Gasteiger partial charge in [-0.2, -0.15) is 8.42 Å². The predicted molar refractivity (Wildman–Crippen MR) is 61.7 cm³/mol. The molecule has 0 atom stereocenters. The maximum atomic E-state index is 11.6. The molecule has 0 unspecified atom stereocenters. The van der Waals surface area contributed by atoms with Crippen molar-refractivity contribution in [2.45, 2.75) is 4.90 Å². The molecule has 2 aromatic rings. The summed E-state index contributed by atoms with van der Waals surface area (Å²) < 4.78 is 31.2. The fourth-order valence-electron chi connectivity index (χ4n) is 2.02. The molecular weight excluding hydrogens is 242 g/mol.